The SMILES string of the molecule is C[C@]1(c2cc(Nc3nccc4nc(OCC5CC5)cnc34)ccc2F)N=C(N)[C@@]2(C)CC[C@@H]1S2(=O)=O. The van der Waals surface area contributed by atoms with E-state index in [1.807, 2.05) is 0 Å². The van der Waals surface area contributed by atoms with Crippen LogP contribution in [0.3, 0.4) is 0 Å². The first-order valence-electron chi connectivity index (χ1n) is 12.0. The van der Waals surface area contributed by atoms with Crippen molar-refractivity contribution < 1.29 is 17.5 Å². The molecule has 1 saturated heterocycles. The van der Waals surface area contributed by atoms with Crippen molar-refractivity contribution >= 4 is 38.2 Å². The second kappa shape index (κ2) is 7.83. The molecule has 3 aromatic rings. The van der Waals surface area contributed by atoms with Crippen LogP contribution in [0, 0.1) is 11.7 Å². The second-order valence-electron chi connectivity index (χ2n) is 10.3. The zero-order valence-corrected chi connectivity index (χ0v) is 20.8. The highest BCUT2D eigenvalue weighted by molar-refractivity contribution is 7.94. The number of hydrogen-bond donors (Lipinski definition) is 2. The van der Waals surface area contributed by atoms with Crippen LogP contribution in [0.15, 0.2) is 41.7 Å². The summed E-state index contributed by atoms with van der Waals surface area (Å²) in [5.41, 5.74) is 6.63. The maximum absolute atomic E-state index is 15.2. The Kier molecular flexibility index (Phi) is 5.02. The average Bonchev–Trinajstić information content (AvgIpc) is 3.64. The zero-order valence-electron chi connectivity index (χ0n) is 20.0. The Balaban J connectivity index is 1.35. The average molecular weight is 511 g/mol. The van der Waals surface area contributed by atoms with Gasteiger partial charge in [0.25, 0.3) is 0 Å². The van der Waals surface area contributed by atoms with E-state index in [1.165, 1.54) is 18.9 Å². The minimum Gasteiger partial charge on any atom is -0.476 e. The summed E-state index contributed by atoms with van der Waals surface area (Å²) in [7, 11) is -3.65. The smallest absolute Gasteiger partial charge is 0.232 e. The Morgan fingerprint density at radius 1 is 1.19 bits per heavy atom. The molecule has 11 heteroatoms. The summed E-state index contributed by atoms with van der Waals surface area (Å²) in [5, 5.41) is 2.32. The topological polar surface area (TPSA) is 132 Å². The molecule has 1 aliphatic carbocycles. The highest BCUT2D eigenvalue weighted by Crippen LogP contribution is 2.51. The fourth-order valence-electron chi connectivity index (χ4n) is 5.25. The number of halogens is 1. The fourth-order valence-corrected chi connectivity index (χ4v) is 7.83. The van der Waals surface area contributed by atoms with E-state index >= 15 is 4.39 Å². The molecule has 1 saturated carbocycles. The summed E-state index contributed by atoms with van der Waals surface area (Å²) in [6.07, 6.45) is 6.27. The van der Waals surface area contributed by atoms with Gasteiger partial charge in [-0.15, -0.1) is 0 Å². The summed E-state index contributed by atoms with van der Waals surface area (Å²) in [6.45, 7) is 3.88. The van der Waals surface area contributed by atoms with Gasteiger partial charge >= 0.3 is 0 Å². The van der Waals surface area contributed by atoms with Crippen LogP contribution >= 0.6 is 0 Å². The largest absolute Gasteiger partial charge is 0.476 e. The van der Waals surface area contributed by atoms with Crippen molar-refractivity contribution in [3.63, 3.8) is 0 Å². The summed E-state index contributed by atoms with van der Waals surface area (Å²) in [4.78, 5) is 18.0. The standard InChI is InChI=1S/C25H27FN6O3S/c1-24-9-7-19(36(24,33)34)25(2,32-23(24)27)16-11-15(5-6-17(16)26)30-22-21-18(8-10-28-22)31-20(12-29-21)35-13-14-3-4-14/h5-6,8,10-12,14,19H,3-4,7,9,13H2,1-2H3,(H2,27,32)(H,28,30)/t19-,24+,25+/m0/s1. The minimum absolute atomic E-state index is 0.0298. The predicted molar refractivity (Wildman–Crippen MR) is 135 cm³/mol. The molecule has 3 aliphatic rings. The highest BCUT2D eigenvalue weighted by Gasteiger charge is 2.63. The summed E-state index contributed by atoms with van der Waals surface area (Å²) < 4.78 is 46.3. The number of ether oxygens (including phenoxy) is 1. The molecule has 2 fully saturated rings. The van der Waals surface area contributed by atoms with Crippen LogP contribution in [0.2, 0.25) is 0 Å². The molecule has 36 heavy (non-hydrogen) atoms. The number of benzene rings is 1. The van der Waals surface area contributed by atoms with Crippen molar-refractivity contribution in [2.75, 3.05) is 11.9 Å². The fraction of sp³-hybridized carbons (Fsp3) is 0.440. The lowest BCUT2D eigenvalue weighted by atomic mass is 9.86. The number of rotatable bonds is 6. The lowest BCUT2D eigenvalue weighted by molar-refractivity contribution is 0.288. The van der Waals surface area contributed by atoms with Gasteiger partial charge in [-0.25, -0.2) is 27.8 Å². The third-order valence-electron chi connectivity index (χ3n) is 7.78. The van der Waals surface area contributed by atoms with Crippen LogP contribution in [0.5, 0.6) is 5.88 Å². The van der Waals surface area contributed by atoms with Gasteiger partial charge < -0.3 is 15.8 Å². The van der Waals surface area contributed by atoms with Crippen molar-refractivity contribution in [1.29, 1.82) is 0 Å². The molecule has 9 nitrogen and oxygen atoms in total. The molecule has 1 aromatic carbocycles. The highest BCUT2D eigenvalue weighted by atomic mass is 32.2. The maximum Gasteiger partial charge on any atom is 0.232 e. The number of nitrogens with two attached hydrogens (primary N) is 1. The lowest BCUT2D eigenvalue weighted by Crippen LogP contribution is -2.55. The van der Waals surface area contributed by atoms with E-state index in [-0.39, 0.29) is 11.4 Å². The van der Waals surface area contributed by atoms with Crippen molar-refractivity contribution in [2.45, 2.75) is 55.1 Å². The first kappa shape index (κ1) is 23.1. The van der Waals surface area contributed by atoms with E-state index in [0.29, 0.717) is 53.8 Å². The Morgan fingerprint density at radius 3 is 2.78 bits per heavy atom. The minimum atomic E-state index is -3.65. The quantitative estimate of drug-likeness (QED) is 0.514. The van der Waals surface area contributed by atoms with Crippen LogP contribution in [0.4, 0.5) is 15.9 Å². The monoisotopic (exact) mass is 510 g/mol. The summed E-state index contributed by atoms with van der Waals surface area (Å²) in [5.74, 6) is 0.976. The number of nitrogens with zero attached hydrogens (tertiary/aromatic N) is 4. The van der Waals surface area contributed by atoms with Gasteiger partial charge in [0, 0.05) is 17.4 Å². The van der Waals surface area contributed by atoms with Gasteiger partial charge in [0.2, 0.25) is 5.88 Å². The number of anilines is 2. The second-order valence-corrected chi connectivity index (χ2v) is 12.8. The van der Waals surface area contributed by atoms with Gasteiger partial charge in [0.15, 0.2) is 15.7 Å². The third-order valence-corrected chi connectivity index (χ3v) is 10.9. The lowest BCUT2D eigenvalue weighted by Gasteiger charge is -2.39. The number of aliphatic imine (C=N–C) groups is 1. The number of hydrogen-bond acceptors (Lipinski definition) is 9. The normalized spacial score (nSPS) is 28.6. The van der Waals surface area contributed by atoms with E-state index in [9.17, 15) is 8.42 Å². The molecule has 3 atom stereocenters. The predicted octanol–water partition coefficient (Wildman–Crippen LogP) is 3.62. The molecule has 2 bridgehead atoms. The Morgan fingerprint density at radius 2 is 2.00 bits per heavy atom. The van der Waals surface area contributed by atoms with E-state index in [2.05, 4.69) is 25.3 Å². The number of aromatic nitrogens is 3. The van der Waals surface area contributed by atoms with Crippen molar-refractivity contribution in [1.82, 2.24) is 15.0 Å². The van der Waals surface area contributed by atoms with Gasteiger partial charge in [-0.2, -0.15) is 0 Å². The molecule has 2 aromatic heterocycles. The van der Waals surface area contributed by atoms with Crippen LogP contribution in [-0.4, -0.2) is 45.8 Å². The van der Waals surface area contributed by atoms with Crippen LogP contribution in [0.25, 0.3) is 11.0 Å². The van der Waals surface area contributed by atoms with Gasteiger partial charge in [-0.05, 0) is 69.7 Å². The first-order valence-corrected chi connectivity index (χ1v) is 13.6. The number of pyridine rings is 1. The zero-order chi connectivity index (χ0) is 25.3. The van der Waals surface area contributed by atoms with Crippen LogP contribution < -0.4 is 15.8 Å². The van der Waals surface area contributed by atoms with Gasteiger partial charge in [0.05, 0.1) is 23.6 Å². The molecule has 0 radical (unpaired) electrons. The molecule has 0 amide bonds. The van der Waals surface area contributed by atoms with Crippen molar-refractivity contribution in [3.8, 4) is 5.88 Å². The molecular formula is C25H27FN6O3S. The Labute approximate surface area is 208 Å². The molecule has 0 unspecified atom stereocenters. The Hall–Kier alpha value is -3.34. The van der Waals surface area contributed by atoms with E-state index in [0.717, 1.165) is 0 Å². The molecule has 4 heterocycles. The molecule has 2 aliphatic heterocycles. The molecule has 6 rings (SSSR count). The number of fused-ring (bicyclic) bond motifs is 3. The number of nitrogens with one attached hydrogen (secondary N) is 1. The summed E-state index contributed by atoms with van der Waals surface area (Å²) >= 11 is 0. The third kappa shape index (κ3) is 3.43. The van der Waals surface area contributed by atoms with Gasteiger partial charge in [-0.3, -0.25) is 4.99 Å². The van der Waals surface area contributed by atoms with E-state index in [1.54, 1.807) is 44.4 Å². The van der Waals surface area contributed by atoms with E-state index in [4.69, 9.17) is 10.5 Å². The number of sulfone groups is 1. The van der Waals surface area contributed by atoms with Gasteiger partial charge in [-0.1, -0.05) is 0 Å². The molecule has 188 valence electrons. The first-order chi connectivity index (χ1) is 17.1. The van der Waals surface area contributed by atoms with Gasteiger partial charge in [0.1, 0.15) is 27.5 Å². The van der Waals surface area contributed by atoms with Crippen molar-refractivity contribution in [2.24, 2.45) is 16.6 Å². The van der Waals surface area contributed by atoms with Crippen LogP contribution in [0.1, 0.15) is 45.1 Å². The van der Waals surface area contributed by atoms with Crippen molar-refractivity contribution in [3.05, 3.63) is 48.0 Å². The molecular weight excluding hydrogens is 483 g/mol. The number of amidine groups is 1. The molecule has 0 spiro atoms. The Bertz CT molecular complexity index is 1530. The van der Waals surface area contributed by atoms with Crippen LogP contribution in [-0.2, 0) is 15.4 Å². The molecule has 3 N–H and O–H groups in total. The maximum atomic E-state index is 15.2. The van der Waals surface area contributed by atoms with E-state index < -0.39 is 31.2 Å². The summed E-state index contributed by atoms with van der Waals surface area (Å²) in [6, 6.07) is 6.18.